The van der Waals surface area contributed by atoms with Gasteiger partial charge in [-0.3, -0.25) is 14.9 Å². The largest absolute Gasteiger partial charge is 0.478 e. The van der Waals surface area contributed by atoms with Crippen LogP contribution in [0.4, 0.5) is 10.1 Å². The van der Waals surface area contributed by atoms with Crippen molar-refractivity contribution in [2.45, 2.75) is 5.75 Å². The molecule has 3 aromatic carbocycles. The SMILES string of the molecule is O=C(O)c1ccc(C(=O)C(SCc2ccc(F)cc2)=C(I)c2ccc(Br)c([N+](=O)[O-])c2)cc1. The summed E-state index contributed by atoms with van der Waals surface area (Å²) in [6.07, 6.45) is 0. The first-order chi connectivity index (χ1) is 15.7. The van der Waals surface area contributed by atoms with Gasteiger partial charge in [0.05, 0.1) is 19.9 Å². The fraction of sp³-hybridized carbons (Fsp3) is 0.0435. The first-order valence-electron chi connectivity index (χ1n) is 9.26. The number of ketones is 1. The van der Waals surface area contributed by atoms with Crippen LogP contribution in [-0.4, -0.2) is 21.8 Å². The van der Waals surface area contributed by atoms with Gasteiger partial charge >= 0.3 is 5.97 Å². The number of hydrogen-bond acceptors (Lipinski definition) is 5. The zero-order valence-electron chi connectivity index (χ0n) is 16.6. The molecular weight excluding hydrogens is 628 g/mol. The lowest BCUT2D eigenvalue weighted by molar-refractivity contribution is -0.385. The van der Waals surface area contributed by atoms with Crippen molar-refractivity contribution in [1.29, 1.82) is 0 Å². The van der Waals surface area contributed by atoms with E-state index < -0.39 is 10.9 Å². The van der Waals surface area contributed by atoms with Crippen LogP contribution in [0.2, 0.25) is 0 Å². The maximum atomic E-state index is 13.4. The molecule has 10 heteroatoms. The smallest absolute Gasteiger partial charge is 0.335 e. The van der Waals surface area contributed by atoms with E-state index in [9.17, 15) is 24.1 Å². The number of carboxylic acids is 1. The molecule has 0 aliphatic carbocycles. The molecule has 0 spiro atoms. The van der Waals surface area contributed by atoms with Crippen LogP contribution in [0.5, 0.6) is 0 Å². The predicted molar refractivity (Wildman–Crippen MR) is 137 cm³/mol. The lowest BCUT2D eigenvalue weighted by Crippen LogP contribution is -2.05. The Labute approximate surface area is 214 Å². The molecule has 0 aliphatic rings. The van der Waals surface area contributed by atoms with Crippen molar-refractivity contribution in [2.75, 3.05) is 0 Å². The van der Waals surface area contributed by atoms with Gasteiger partial charge < -0.3 is 5.11 Å². The Morgan fingerprint density at radius 3 is 2.15 bits per heavy atom. The Bertz CT molecular complexity index is 1260. The maximum Gasteiger partial charge on any atom is 0.335 e. The molecule has 0 amide bonds. The molecule has 0 bridgehead atoms. The highest BCUT2D eigenvalue weighted by Crippen LogP contribution is 2.38. The summed E-state index contributed by atoms with van der Waals surface area (Å²) < 4.78 is 14.1. The van der Waals surface area contributed by atoms with Crippen molar-refractivity contribution in [3.63, 3.8) is 0 Å². The molecule has 0 aliphatic heterocycles. The van der Waals surface area contributed by atoms with Gasteiger partial charge in [0, 0.05) is 21.0 Å². The van der Waals surface area contributed by atoms with Gasteiger partial charge in [-0.25, -0.2) is 9.18 Å². The molecule has 1 N–H and O–H groups in total. The molecule has 0 atom stereocenters. The van der Waals surface area contributed by atoms with Crippen molar-refractivity contribution >= 4 is 71.3 Å². The lowest BCUT2D eigenvalue weighted by Gasteiger charge is -2.12. The summed E-state index contributed by atoms with van der Waals surface area (Å²) in [7, 11) is 0. The number of allylic oxidation sites excluding steroid dienone is 1. The summed E-state index contributed by atoms with van der Waals surface area (Å²) in [6.45, 7) is 0. The molecule has 0 unspecified atom stereocenters. The van der Waals surface area contributed by atoms with Gasteiger partial charge in [0.15, 0.2) is 5.78 Å². The molecule has 0 heterocycles. The number of Topliss-reactive ketones (excluding diaryl/α,β-unsaturated/α-hetero) is 1. The highest BCUT2D eigenvalue weighted by molar-refractivity contribution is 14.1. The van der Waals surface area contributed by atoms with Crippen LogP contribution in [0.3, 0.4) is 0 Å². The van der Waals surface area contributed by atoms with E-state index in [-0.39, 0.29) is 28.4 Å². The number of carbonyl (C=O) groups is 2. The van der Waals surface area contributed by atoms with Crippen LogP contribution in [0.1, 0.15) is 31.8 Å². The predicted octanol–water partition coefficient (Wildman–Crippen LogP) is 7.11. The third-order valence-corrected chi connectivity index (χ3v) is 7.85. The van der Waals surface area contributed by atoms with Crippen molar-refractivity contribution in [1.82, 2.24) is 0 Å². The second kappa shape index (κ2) is 11.0. The van der Waals surface area contributed by atoms with Crippen LogP contribution in [-0.2, 0) is 5.75 Å². The minimum absolute atomic E-state index is 0.0503. The van der Waals surface area contributed by atoms with Crippen molar-refractivity contribution in [3.8, 4) is 0 Å². The molecule has 0 fully saturated rings. The molecular formula is C23H14BrFINO5S. The minimum Gasteiger partial charge on any atom is -0.478 e. The summed E-state index contributed by atoms with van der Waals surface area (Å²) in [5.41, 5.74) is 1.47. The highest BCUT2D eigenvalue weighted by atomic mass is 127. The molecule has 0 saturated heterocycles. The van der Waals surface area contributed by atoms with Crippen molar-refractivity contribution in [3.05, 3.63) is 114 Å². The number of nitrogens with zero attached hydrogens (tertiary/aromatic N) is 1. The van der Waals surface area contributed by atoms with E-state index in [1.165, 1.54) is 54.2 Å². The van der Waals surface area contributed by atoms with E-state index in [0.717, 1.165) is 5.56 Å². The second-order valence-electron chi connectivity index (χ2n) is 6.69. The summed E-state index contributed by atoms with van der Waals surface area (Å²) in [5.74, 6) is -1.47. The first kappa shape index (κ1) is 25.1. The van der Waals surface area contributed by atoms with E-state index >= 15 is 0 Å². The number of benzene rings is 3. The van der Waals surface area contributed by atoms with Crippen LogP contribution >= 0.6 is 50.3 Å². The Hall–Kier alpha value is -2.57. The van der Waals surface area contributed by atoms with Crippen LogP contribution in [0.15, 0.2) is 76.1 Å². The molecule has 33 heavy (non-hydrogen) atoms. The fourth-order valence-electron chi connectivity index (χ4n) is 2.78. The van der Waals surface area contributed by atoms with Gasteiger partial charge in [0.2, 0.25) is 0 Å². The van der Waals surface area contributed by atoms with Crippen molar-refractivity contribution < 1.29 is 24.0 Å². The summed E-state index contributed by atoms with van der Waals surface area (Å²) >= 11 is 6.35. The third-order valence-electron chi connectivity index (χ3n) is 4.49. The Kier molecular flexibility index (Phi) is 8.38. The summed E-state index contributed by atoms with van der Waals surface area (Å²) in [6, 6.07) is 16.0. The third kappa shape index (κ3) is 6.27. The molecule has 0 saturated carbocycles. The molecule has 0 radical (unpaired) electrons. The van der Waals surface area contributed by atoms with Crippen LogP contribution in [0.25, 0.3) is 3.58 Å². The number of hydrogen-bond donors (Lipinski definition) is 1. The van der Waals surface area contributed by atoms with Crippen molar-refractivity contribution in [2.24, 2.45) is 0 Å². The number of rotatable bonds is 8. The monoisotopic (exact) mass is 641 g/mol. The average Bonchev–Trinajstić information content (AvgIpc) is 2.80. The summed E-state index contributed by atoms with van der Waals surface area (Å²) in [5, 5.41) is 20.5. The zero-order chi connectivity index (χ0) is 24.1. The quantitative estimate of drug-likeness (QED) is 0.0925. The second-order valence-corrected chi connectivity index (χ2v) is 9.61. The molecule has 0 aromatic heterocycles. The van der Waals surface area contributed by atoms with Gasteiger partial charge in [-0.1, -0.05) is 30.3 Å². The van der Waals surface area contributed by atoms with Gasteiger partial charge in [-0.2, -0.15) is 0 Å². The van der Waals surface area contributed by atoms with Crippen LogP contribution < -0.4 is 0 Å². The minimum atomic E-state index is -1.10. The number of halogens is 3. The van der Waals surface area contributed by atoms with E-state index in [4.69, 9.17) is 5.11 Å². The fourth-order valence-corrected chi connectivity index (χ4v) is 5.22. The van der Waals surface area contributed by atoms with E-state index in [2.05, 4.69) is 15.9 Å². The maximum absolute atomic E-state index is 13.4. The Balaban J connectivity index is 2.04. The Morgan fingerprint density at radius 1 is 1.00 bits per heavy atom. The molecule has 6 nitrogen and oxygen atoms in total. The van der Waals surface area contributed by atoms with Gasteiger partial charge in [-0.15, -0.1) is 11.8 Å². The topological polar surface area (TPSA) is 97.5 Å². The molecule has 3 aromatic rings. The number of nitro benzene ring substituents is 1. The lowest BCUT2D eigenvalue weighted by atomic mass is 10.1. The molecule has 3 rings (SSSR count). The van der Waals surface area contributed by atoms with Gasteiger partial charge in [0.25, 0.3) is 5.69 Å². The number of thioether (sulfide) groups is 1. The van der Waals surface area contributed by atoms with E-state index in [1.807, 2.05) is 22.6 Å². The Morgan fingerprint density at radius 2 is 1.58 bits per heavy atom. The van der Waals surface area contributed by atoms with Gasteiger partial charge in [-0.05, 0) is 80.0 Å². The summed E-state index contributed by atoms with van der Waals surface area (Å²) in [4.78, 5) is 35.7. The van der Waals surface area contributed by atoms with Gasteiger partial charge in [0.1, 0.15) is 5.82 Å². The standard InChI is InChI=1S/C23H14BrFINO5S/c24-18-10-7-16(11-19(18)27(31)32)20(26)22(33-12-13-1-8-17(25)9-2-13)21(28)14-3-5-15(6-4-14)23(29)30/h1-11H,12H2,(H,29,30). The normalized spacial score (nSPS) is 11.6. The average molecular weight is 642 g/mol. The first-order valence-corrected chi connectivity index (χ1v) is 12.1. The number of carboxylic acid groups (broad SMARTS) is 1. The van der Waals surface area contributed by atoms with E-state index in [0.29, 0.717) is 24.3 Å². The highest BCUT2D eigenvalue weighted by Gasteiger charge is 2.21. The zero-order valence-corrected chi connectivity index (χ0v) is 21.2. The number of aromatic carboxylic acids is 1. The molecule has 168 valence electrons. The van der Waals surface area contributed by atoms with E-state index in [1.54, 1.807) is 24.3 Å². The van der Waals surface area contributed by atoms with Crippen LogP contribution in [0, 0.1) is 15.9 Å². The number of nitro groups is 1. The number of carbonyl (C=O) groups excluding carboxylic acids is 1.